The fourth-order valence-corrected chi connectivity index (χ4v) is 4.74. The molecular weight excluding hydrogens is 382 g/mol. The predicted octanol–water partition coefficient (Wildman–Crippen LogP) is 5.13. The average molecular weight is 406 g/mol. The Labute approximate surface area is 173 Å². The van der Waals surface area contributed by atoms with Crippen LogP contribution in [0.4, 0.5) is 5.69 Å². The summed E-state index contributed by atoms with van der Waals surface area (Å²) in [6, 6.07) is 13.0. The fraction of sp³-hybridized carbons (Fsp3) is 0.261. The third kappa shape index (κ3) is 3.34. The van der Waals surface area contributed by atoms with Gasteiger partial charge >= 0.3 is 0 Å². The highest BCUT2D eigenvalue weighted by Crippen LogP contribution is 2.33. The molecule has 4 rings (SSSR count). The van der Waals surface area contributed by atoms with Gasteiger partial charge in [-0.05, 0) is 56.5 Å². The summed E-state index contributed by atoms with van der Waals surface area (Å²) >= 11 is 1.57. The number of aryl methyl sites for hydroxylation is 3. The molecule has 148 valence electrons. The van der Waals surface area contributed by atoms with Crippen molar-refractivity contribution in [3.05, 3.63) is 69.6 Å². The molecule has 4 aromatic rings. The topological polar surface area (TPSA) is 64.0 Å². The van der Waals surface area contributed by atoms with Crippen LogP contribution in [0.25, 0.3) is 20.2 Å². The van der Waals surface area contributed by atoms with Gasteiger partial charge in [0.1, 0.15) is 6.04 Å². The van der Waals surface area contributed by atoms with Crippen LogP contribution < -0.4 is 10.9 Å². The molecule has 2 aromatic heterocycles. The molecule has 0 fully saturated rings. The van der Waals surface area contributed by atoms with Gasteiger partial charge in [0, 0.05) is 15.8 Å². The number of hydrogen-bond donors (Lipinski definition) is 1. The number of carbonyl (C=O) groups is 1. The normalized spacial score (nSPS) is 12.4. The highest BCUT2D eigenvalue weighted by Gasteiger charge is 2.24. The van der Waals surface area contributed by atoms with E-state index in [1.165, 1.54) is 10.2 Å². The standard InChI is InChI=1S/C23H23N3O2S/c1-5-18(22(27)24-16-11-10-13(2)14(3)12-16)26-23(28)20-17-8-6-7-9-19(17)29-21(20)15(4)25-26/h6-12,18H,5H2,1-4H3,(H,24,27). The maximum absolute atomic E-state index is 13.3. The Bertz CT molecular complexity index is 1300. The molecule has 0 aliphatic heterocycles. The summed E-state index contributed by atoms with van der Waals surface area (Å²) in [6.07, 6.45) is 0.469. The third-order valence-corrected chi connectivity index (χ3v) is 6.64. The van der Waals surface area contributed by atoms with Crippen LogP contribution in [-0.4, -0.2) is 15.7 Å². The molecule has 2 heterocycles. The quantitative estimate of drug-likeness (QED) is 0.512. The van der Waals surface area contributed by atoms with Crippen LogP contribution in [0.1, 0.15) is 36.2 Å². The molecule has 1 unspecified atom stereocenters. The minimum atomic E-state index is -0.675. The summed E-state index contributed by atoms with van der Waals surface area (Å²) in [7, 11) is 0. The number of anilines is 1. The number of thiophene rings is 1. The third-order valence-electron chi connectivity index (χ3n) is 5.36. The molecule has 1 atom stereocenters. The fourth-order valence-electron chi connectivity index (χ4n) is 3.60. The van der Waals surface area contributed by atoms with Gasteiger partial charge in [-0.15, -0.1) is 11.3 Å². The van der Waals surface area contributed by atoms with Crippen LogP contribution in [0.5, 0.6) is 0 Å². The lowest BCUT2D eigenvalue weighted by atomic mass is 10.1. The first-order valence-electron chi connectivity index (χ1n) is 9.69. The van der Waals surface area contributed by atoms with Gasteiger partial charge in [-0.1, -0.05) is 31.2 Å². The highest BCUT2D eigenvalue weighted by molar-refractivity contribution is 7.26. The molecule has 29 heavy (non-hydrogen) atoms. The number of benzene rings is 2. The van der Waals surface area contributed by atoms with Crippen LogP contribution in [0.2, 0.25) is 0 Å². The smallest absolute Gasteiger partial charge is 0.276 e. The number of aromatic nitrogens is 2. The van der Waals surface area contributed by atoms with Crippen LogP contribution >= 0.6 is 11.3 Å². The Balaban J connectivity index is 1.79. The van der Waals surface area contributed by atoms with E-state index in [2.05, 4.69) is 10.4 Å². The first-order valence-corrected chi connectivity index (χ1v) is 10.5. The van der Waals surface area contributed by atoms with Crippen molar-refractivity contribution in [1.29, 1.82) is 0 Å². The molecule has 1 amide bonds. The summed E-state index contributed by atoms with van der Waals surface area (Å²) in [5.41, 5.74) is 3.54. The Morgan fingerprint density at radius 3 is 2.62 bits per heavy atom. The van der Waals surface area contributed by atoms with E-state index in [0.717, 1.165) is 31.7 Å². The van der Waals surface area contributed by atoms with Crippen molar-refractivity contribution >= 4 is 43.1 Å². The van der Waals surface area contributed by atoms with Gasteiger partial charge < -0.3 is 5.32 Å². The largest absolute Gasteiger partial charge is 0.324 e. The number of fused-ring (bicyclic) bond motifs is 3. The lowest BCUT2D eigenvalue weighted by Gasteiger charge is -2.18. The van der Waals surface area contributed by atoms with Crippen molar-refractivity contribution in [2.75, 3.05) is 5.32 Å². The first kappa shape index (κ1) is 19.3. The summed E-state index contributed by atoms with van der Waals surface area (Å²) in [5, 5.41) is 9.03. The number of amides is 1. The van der Waals surface area contributed by atoms with Crippen LogP contribution in [0.15, 0.2) is 47.3 Å². The zero-order valence-corrected chi connectivity index (χ0v) is 17.8. The van der Waals surface area contributed by atoms with Gasteiger partial charge in [0.25, 0.3) is 5.56 Å². The van der Waals surface area contributed by atoms with Gasteiger partial charge in [0.2, 0.25) is 5.91 Å². The average Bonchev–Trinajstić information content (AvgIpc) is 3.09. The molecule has 1 N–H and O–H groups in total. The van der Waals surface area contributed by atoms with Gasteiger partial charge in [0.15, 0.2) is 0 Å². The van der Waals surface area contributed by atoms with Crippen molar-refractivity contribution in [2.45, 2.75) is 40.2 Å². The van der Waals surface area contributed by atoms with Crippen molar-refractivity contribution in [3.63, 3.8) is 0 Å². The Morgan fingerprint density at radius 2 is 1.90 bits per heavy atom. The number of hydrogen-bond acceptors (Lipinski definition) is 4. The van der Waals surface area contributed by atoms with E-state index in [0.29, 0.717) is 11.8 Å². The van der Waals surface area contributed by atoms with E-state index in [4.69, 9.17) is 0 Å². The van der Waals surface area contributed by atoms with Crippen molar-refractivity contribution in [3.8, 4) is 0 Å². The van der Waals surface area contributed by atoms with Crippen LogP contribution in [0.3, 0.4) is 0 Å². The number of nitrogens with one attached hydrogen (secondary N) is 1. The lowest BCUT2D eigenvalue weighted by molar-refractivity contribution is -0.119. The second-order valence-electron chi connectivity index (χ2n) is 7.35. The second-order valence-corrected chi connectivity index (χ2v) is 8.40. The van der Waals surface area contributed by atoms with Crippen molar-refractivity contribution in [1.82, 2.24) is 9.78 Å². The van der Waals surface area contributed by atoms with E-state index < -0.39 is 6.04 Å². The zero-order chi connectivity index (χ0) is 20.7. The summed E-state index contributed by atoms with van der Waals surface area (Å²) in [4.78, 5) is 26.4. The van der Waals surface area contributed by atoms with Gasteiger partial charge in [-0.3, -0.25) is 9.59 Å². The van der Waals surface area contributed by atoms with E-state index in [1.54, 1.807) is 11.3 Å². The van der Waals surface area contributed by atoms with Gasteiger partial charge in [0.05, 0.1) is 15.8 Å². The predicted molar refractivity (Wildman–Crippen MR) is 120 cm³/mol. The SMILES string of the molecule is CCC(C(=O)Nc1ccc(C)c(C)c1)n1nc(C)c2sc3ccccc3c2c1=O. The molecule has 0 aliphatic rings. The first-order chi connectivity index (χ1) is 13.9. The molecule has 2 aromatic carbocycles. The van der Waals surface area contributed by atoms with Crippen LogP contribution in [-0.2, 0) is 4.79 Å². The summed E-state index contributed by atoms with van der Waals surface area (Å²) in [5.74, 6) is -0.233. The monoisotopic (exact) mass is 405 g/mol. The van der Waals surface area contributed by atoms with E-state index in [9.17, 15) is 9.59 Å². The Hall–Kier alpha value is -2.99. The molecule has 0 saturated heterocycles. The molecule has 0 saturated carbocycles. The molecule has 0 bridgehead atoms. The van der Waals surface area contributed by atoms with Crippen LogP contribution in [0, 0.1) is 20.8 Å². The van der Waals surface area contributed by atoms with Gasteiger partial charge in [-0.25, -0.2) is 4.68 Å². The van der Waals surface area contributed by atoms with E-state index in [-0.39, 0.29) is 11.5 Å². The Morgan fingerprint density at radius 1 is 1.14 bits per heavy atom. The molecule has 0 spiro atoms. The molecule has 5 nitrogen and oxygen atoms in total. The minimum Gasteiger partial charge on any atom is -0.324 e. The second kappa shape index (κ2) is 7.44. The minimum absolute atomic E-state index is 0.217. The zero-order valence-electron chi connectivity index (χ0n) is 16.9. The van der Waals surface area contributed by atoms with Crippen molar-refractivity contribution < 1.29 is 4.79 Å². The number of carbonyl (C=O) groups excluding carboxylic acids is 1. The number of rotatable bonds is 4. The number of nitrogens with zero attached hydrogens (tertiary/aromatic N) is 2. The summed E-state index contributed by atoms with van der Waals surface area (Å²) in [6.45, 7) is 7.82. The van der Waals surface area contributed by atoms with E-state index in [1.807, 2.05) is 70.2 Å². The highest BCUT2D eigenvalue weighted by atomic mass is 32.1. The molecule has 0 aliphatic carbocycles. The van der Waals surface area contributed by atoms with E-state index >= 15 is 0 Å². The molecule has 0 radical (unpaired) electrons. The maximum atomic E-state index is 13.3. The maximum Gasteiger partial charge on any atom is 0.276 e. The summed E-state index contributed by atoms with van der Waals surface area (Å²) < 4.78 is 3.29. The lowest BCUT2D eigenvalue weighted by Crippen LogP contribution is -2.35. The van der Waals surface area contributed by atoms with Gasteiger partial charge in [-0.2, -0.15) is 5.10 Å². The Kier molecular flexibility index (Phi) is 4.96. The molecule has 6 heteroatoms. The van der Waals surface area contributed by atoms with Crippen molar-refractivity contribution in [2.24, 2.45) is 0 Å². The molecular formula is C23H23N3O2S.